The second-order valence-corrected chi connectivity index (χ2v) is 7.25. The van der Waals surface area contributed by atoms with Crippen LogP contribution in [-0.2, 0) is 22.6 Å². The number of anilines is 1. The summed E-state index contributed by atoms with van der Waals surface area (Å²) in [6, 6.07) is 23.4. The number of amides is 2. The molecule has 3 aromatic rings. The van der Waals surface area contributed by atoms with Crippen LogP contribution >= 0.6 is 11.6 Å². The van der Waals surface area contributed by atoms with Crippen LogP contribution < -0.4 is 10.6 Å². The lowest BCUT2D eigenvalue weighted by Gasteiger charge is -2.19. The first-order valence-electron chi connectivity index (χ1n) is 9.60. The monoisotopic (exact) mass is 422 g/mol. The summed E-state index contributed by atoms with van der Waals surface area (Å²) in [5.74, 6) is -0.372. The summed E-state index contributed by atoms with van der Waals surface area (Å²) >= 11 is 6.30. The molecule has 2 N–H and O–H groups in total. The van der Waals surface area contributed by atoms with Crippen LogP contribution in [0.1, 0.15) is 16.7 Å². The summed E-state index contributed by atoms with van der Waals surface area (Å²) in [5, 5.41) is 5.95. The molecule has 0 fully saturated rings. The zero-order valence-electron chi connectivity index (χ0n) is 16.6. The maximum Gasteiger partial charge on any atom is 0.408 e. The lowest BCUT2D eigenvalue weighted by atomic mass is 10.1. The Balaban J connectivity index is 1.70. The van der Waals surface area contributed by atoms with E-state index in [1.54, 1.807) is 6.07 Å². The predicted molar refractivity (Wildman–Crippen MR) is 119 cm³/mol. The molecule has 1 atom stereocenters. The van der Waals surface area contributed by atoms with E-state index in [2.05, 4.69) is 10.6 Å². The van der Waals surface area contributed by atoms with Crippen molar-refractivity contribution in [3.63, 3.8) is 0 Å². The normalized spacial score (nSPS) is 11.4. The molecule has 0 aliphatic carbocycles. The Bertz CT molecular complexity index is 994. The van der Waals surface area contributed by atoms with Gasteiger partial charge >= 0.3 is 6.09 Å². The van der Waals surface area contributed by atoms with Crippen LogP contribution in [0, 0.1) is 6.92 Å². The van der Waals surface area contributed by atoms with Crippen molar-refractivity contribution >= 4 is 29.3 Å². The van der Waals surface area contributed by atoms with Crippen LogP contribution in [0.2, 0.25) is 5.02 Å². The van der Waals surface area contributed by atoms with Crippen molar-refractivity contribution < 1.29 is 14.3 Å². The van der Waals surface area contributed by atoms with E-state index in [1.165, 1.54) is 0 Å². The molecule has 0 aliphatic heterocycles. The molecule has 3 aromatic carbocycles. The summed E-state index contributed by atoms with van der Waals surface area (Å²) in [5.41, 5.74) is 3.13. The van der Waals surface area contributed by atoms with E-state index >= 15 is 0 Å². The molecule has 0 aromatic heterocycles. The van der Waals surface area contributed by atoms with Gasteiger partial charge in [0, 0.05) is 6.42 Å². The molecule has 6 heteroatoms. The Labute approximate surface area is 181 Å². The number of carbonyl (C=O) groups excluding carboxylic acids is 2. The Hall–Kier alpha value is -3.31. The second kappa shape index (κ2) is 10.5. The number of halogens is 1. The Morgan fingerprint density at radius 1 is 0.900 bits per heavy atom. The average molecular weight is 423 g/mol. The fourth-order valence-electron chi connectivity index (χ4n) is 2.93. The third-order valence-electron chi connectivity index (χ3n) is 4.55. The highest BCUT2D eigenvalue weighted by molar-refractivity contribution is 6.34. The van der Waals surface area contributed by atoms with Gasteiger partial charge in [-0.1, -0.05) is 84.4 Å². The minimum absolute atomic E-state index is 0.121. The molecular formula is C24H23ClN2O3. The first-order chi connectivity index (χ1) is 14.5. The van der Waals surface area contributed by atoms with Crippen LogP contribution in [0.4, 0.5) is 10.5 Å². The predicted octanol–water partition coefficient (Wildman–Crippen LogP) is 5.12. The minimum Gasteiger partial charge on any atom is -0.445 e. The standard InChI is InChI=1S/C24H23ClN2O3/c1-17-9-8-14-20(22(17)25)26-23(28)21(15-18-10-4-2-5-11-18)27-24(29)30-16-19-12-6-3-7-13-19/h2-14,21H,15-16H2,1H3,(H,26,28)(H,27,29). The number of alkyl carbamates (subject to hydrolysis) is 1. The molecule has 5 nitrogen and oxygen atoms in total. The van der Waals surface area contributed by atoms with Crippen molar-refractivity contribution in [3.05, 3.63) is 101 Å². The first kappa shape index (κ1) is 21.4. The van der Waals surface area contributed by atoms with Gasteiger partial charge in [0.1, 0.15) is 12.6 Å². The van der Waals surface area contributed by atoms with Gasteiger partial charge in [-0.2, -0.15) is 0 Å². The third kappa shape index (κ3) is 6.09. The highest BCUT2D eigenvalue weighted by Crippen LogP contribution is 2.25. The summed E-state index contributed by atoms with van der Waals surface area (Å²) < 4.78 is 5.28. The summed E-state index contributed by atoms with van der Waals surface area (Å²) in [7, 11) is 0. The van der Waals surface area contributed by atoms with E-state index in [0.29, 0.717) is 17.1 Å². The maximum absolute atomic E-state index is 13.0. The number of ether oxygens (including phenoxy) is 1. The molecule has 0 bridgehead atoms. The highest BCUT2D eigenvalue weighted by atomic mass is 35.5. The molecule has 2 amide bonds. The summed E-state index contributed by atoms with van der Waals surface area (Å²) in [4.78, 5) is 25.3. The lowest BCUT2D eigenvalue weighted by Crippen LogP contribution is -2.45. The fraction of sp³-hybridized carbons (Fsp3) is 0.167. The Morgan fingerprint density at radius 3 is 2.20 bits per heavy atom. The zero-order chi connectivity index (χ0) is 21.3. The van der Waals surface area contributed by atoms with Gasteiger partial charge in [0.15, 0.2) is 0 Å². The van der Waals surface area contributed by atoms with E-state index in [0.717, 1.165) is 16.7 Å². The minimum atomic E-state index is -0.827. The first-order valence-corrected chi connectivity index (χ1v) is 9.98. The molecule has 154 valence electrons. The highest BCUT2D eigenvalue weighted by Gasteiger charge is 2.23. The van der Waals surface area contributed by atoms with E-state index in [4.69, 9.17) is 16.3 Å². The van der Waals surface area contributed by atoms with E-state index in [-0.39, 0.29) is 12.5 Å². The van der Waals surface area contributed by atoms with Crippen molar-refractivity contribution in [1.82, 2.24) is 5.32 Å². The van der Waals surface area contributed by atoms with Crippen LogP contribution in [0.25, 0.3) is 0 Å². The summed E-state index contributed by atoms with van der Waals surface area (Å²) in [6.07, 6.45) is -0.346. The SMILES string of the molecule is Cc1cccc(NC(=O)C(Cc2ccccc2)NC(=O)OCc2ccccc2)c1Cl. The van der Waals surface area contributed by atoms with Crippen LogP contribution in [0.3, 0.4) is 0 Å². The molecule has 0 saturated carbocycles. The maximum atomic E-state index is 13.0. The Kier molecular flexibility index (Phi) is 7.46. The van der Waals surface area contributed by atoms with Crippen LogP contribution in [0.15, 0.2) is 78.9 Å². The van der Waals surface area contributed by atoms with Gasteiger partial charge in [0.05, 0.1) is 10.7 Å². The van der Waals surface area contributed by atoms with Crippen LogP contribution in [-0.4, -0.2) is 18.0 Å². The fourth-order valence-corrected chi connectivity index (χ4v) is 3.10. The van der Waals surface area contributed by atoms with Crippen molar-refractivity contribution in [2.75, 3.05) is 5.32 Å². The number of rotatable bonds is 7. The van der Waals surface area contributed by atoms with Gasteiger partial charge in [-0.15, -0.1) is 0 Å². The molecule has 0 radical (unpaired) electrons. The van der Waals surface area contributed by atoms with Crippen LogP contribution in [0.5, 0.6) is 0 Å². The van der Waals surface area contributed by atoms with E-state index in [1.807, 2.05) is 79.7 Å². The van der Waals surface area contributed by atoms with Crippen molar-refractivity contribution in [2.45, 2.75) is 26.0 Å². The van der Waals surface area contributed by atoms with Gasteiger partial charge in [-0.25, -0.2) is 4.79 Å². The molecule has 1 unspecified atom stereocenters. The number of hydrogen-bond donors (Lipinski definition) is 2. The second-order valence-electron chi connectivity index (χ2n) is 6.87. The molecule has 30 heavy (non-hydrogen) atoms. The van der Waals surface area contributed by atoms with Gasteiger partial charge in [0.25, 0.3) is 0 Å². The third-order valence-corrected chi connectivity index (χ3v) is 5.06. The number of benzene rings is 3. The topological polar surface area (TPSA) is 67.4 Å². The van der Waals surface area contributed by atoms with E-state index < -0.39 is 12.1 Å². The van der Waals surface area contributed by atoms with Gasteiger partial charge in [0.2, 0.25) is 5.91 Å². The molecule has 3 rings (SSSR count). The number of carbonyl (C=O) groups is 2. The van der Waals surface area contributed by atoms with E-state index in [9.17, 15) is 9.59 Å². The van der Waals surface area contributed by atoms with Gasteiger partial charge in [-0.05, 0) is 29.7 Å². The smallest absolute Gasteiger partial charge is 0.408 e. The quantitative estimate of drug-likeness (QED) is 0.555. The zero-order valence-corrected chi connectivity index (χ0v) is 17.4. The molecule has 0 saturated heterocycles. The number of hydrogen-bond acceptors (Lipinski definition) is 3. The van der Waals surface area contributed by atoms with Gasteiger partial charge < -0.3 is 15.4 Å². The van der Waals surface area contributed by atoms with Gasteiger partial charge in [-0.3, -0.25) is 4.79 Å². The molecule has 0 heterocycles. The lowest BCUT2D eigenvalue weighted by molar-refractivity contribution is -0.118. The van der Waals surface area contributed by atoms with Crippen molar-refractivity contribution in [2.24, 2.45) is 0 Å². The average Bonchev–Trinajstić information content (AvgIpc) is 2.76. The number of nitrogens with one attached hydrogen (secondary N) is 2. The molecule has 0 spiro atoms. The largest absolute Gasteiger partial charge is 0.445 e. The van der Waals surface area contributed by atoms with Crippen molar-refractivity contribution in [3.8, 4) is 0 Å². The van der Waals surface area contributed by atoms with Crippen molar-refractivity contribution in [1.29, 1.82) is 0 Å². The molecule has 0 aliphatic rings. The molecular weight excluding hydrogens is 400 g/mol. The number of aryl methyl sites for hydroxylation is 1. The summed E-state index contributed by atoms with van der Waals surface area (Å²) in [6.45, 7) is 1.98. The Morgan fingerprint density at radius 2 is 1.53 bits per heavy atom.